The van der Waals surface area contributed by atoms with Crippen molar-refractivity contribution in [3.05, 3.63) is 35.9 Å². The number of benzene rings is 1. The van der Waals surface area contributed by atoms with Crippen molar-refractivity contribution in [2.45, 2.75) is 26.3 Å². The van der Waals surface area contributed by atoms with Crippen LogP contribution in [0.5, 0.6) is 0 Å². The van der Waals surface area contributed by atoms with Crippen LogP contribution in [0.15, 0.2) is 30.3 Å². The van der Waals surface area contributed by atoms with Crippen molar-refractivity contribution in [2.24, 2.45) is 5.73 Å². The van der Waals surface area contributed by atoms with Gasteiger partial charge in [0, 0.05) is 25.9 Å². The van der Waals surface area contributed by atoms with Gasteiger partial charge in [-0.2, -0.15) is 0 Å². The molecule has 0 aliphatic carbocycles. The van der Waals surface area contributed by atoms with Gasteiger partial charge in [0.05, 0.1) is 4.99 Å². The largest absolute Gasteiger partial charge is 0.393 e. The van der Waals surface area contributed by atoms with Crippen molar-refractivity contribution in [2.75, 3.05) is 6.54 Å². The van der Waals surface area contributed by atoms with Crippen molar-refractivity contribution in [3.8, 4) is 0 Å². The van der Waals surface area contributed by atoms with E-state index in [9.17, 15) is 4.79 Å². The van der Waals surface area contributed by atoms with Gasteiger partial charge in [-0.05, 0) is 12.5 Å². The number of hydrogen-bond donors (Lipinski definition) is 1. The third kappa shape index (κ3) is 4.95. The van der Waals surface area contributed by atoms with Crippen LogP contribution in [0.3, 0.4) is 0 Å². The van der Waals surface area contributed by atoms with Gasteiger partial charge in [-0.1, -0.05) is 42.5 Å². The highest BCUT2D eigenvalue weighted by atomic mass is 32.1. The van der Waals surface area contributed by atoms with E-state index in [1.54, 1.807) is 0 Å². The topological polar surface area (TPSA) is 46.3 Å². The molecular formula is C13H18N2OS. The number of rotatable bonds is 6. The van der Waals surface area contributed by atoms with Crippen LogP contribution >= 0.6 is 12.2 Å². The van der Waals surface area contributed by atoms with Gasteiger partial charge >= 0.3 is 0 Å². The summed E-state index contributed by atoms with van der Waals surface area (Å²) in [6, 6.07) is 9.95. The fourth-order valence-corrected chi connectivity index (χ4v) is 1.67. The Hall–Kier alpha value is -1.42. The predicted molar refractivity (Wildman–Crippen MR) is 73.6 cm³/mol. The molecule has 0 aliphatic heterocycles. The maximum absolute atomic E-state index is 11.9. The molecule has 0 spiro atoms. The van der Waals surface area contributed by atoms with E-state index < -0.39 is 0 Å². The van der Waals surface area contributed by atoms with E-state index in [-0.39, 0.29) is 5.91 Å². The number of carbonyl (C=O) groups is 1. The molecule has 0 fully saturated rings. The molecule has 0 heterocycles. The predicted octanol–water partition coefficient (Wildman–Crippen LogP) is 2.10. The summed E-state index contributed by atoms with van der Waals surface area (Å²) in [5.41, 5.74) is 6.53. The van der Waals surface area contributed by atoms with Crippen molar-refractivity contribution < 1.29 is 4.79 Å². The molecule has 0 atom stereocenters. The molecule has 17 heavy (non-hydrogen) atoms. The summed E-state index contributed by atoms with van der Waals surface area (Å²) in [7, 11) is 0. The number of amides is 1. The third-order valence-electron chi connectivity index (χ3n) is 2.54. The van der Waals surface area contributed by atoms with Crippen LogP contribution < -0.4 is 5.73 Å². The van der Waals surface area contributed by atoms with Crippen LogP contribution in [0.1, 0.15) is 25.3 Å². The second-order valence-corrected chi connectivity index (χ2v) is 4.38. The van der Waals surface area contributed by atoms with Gasteiger partial charge < -0.3 is 10.6 Å². The normalized spacial score (nSPS) is 9.94. The minimum Gasteiger partial charge on any atom is -0.393 e. The van der Waals surface area contributed by atoms with Crippen LogP contribution in [-0.2, 0) is 11.3 Å². The molecule has 0 aliphatic rings. The monoisotopic (exact) mass is 250 g/mol. The minimum absolute atomic E-state index is 0.101. The number of carbonyl (C=O) groups excluding carboxylic acids is 1. The van der Waals surface area contributed by atoms with E-state index in [2.05, 4.69) is 0 Å². The lowest BCUT2D eigenvalue weighted by molar-refractivity contribution is -0.131. The van der Waals surface area contributed by atoms with E-state index in [0.29, 0.717) is 30.9 Å². The Balaban J connectivity index is 2.53. The van der Waals surface area contributed by atoms with Gasteiger partial charge in [0.15, 0.2) is 0 Å². The molecule has 1 aromatic rings. The number of nitrogens with two attached hydrogens (primary N) is 1. The zero-order chi connectivity index (χ0) is 12.7. The van der Waals surface area contributed by atoms with Gasteiger partial charge in [0.2, 0.25) is 5.91 Å². The Morgan fingerprint density at radius 2 is 1.94 bits per heavy atom. The zero-order valence-corrected chi connectivity index (χ0v) is 10.9. The highest BCUT2D eigenvalue weighted by molar-refractivity contribution is 7.80. The molecule has 3 nitrogen and oxygen atoms in total. The lowest BCUT2D eigenvalue weighted by Gasteiger charge is -2.20. The first-order valence-electron chi connectivity index (χ1n) is 5.73. The van der Waals surface area contributed by atoms with E-state index in [1.165, 1.54) is 0 Å². The quantitative estimate of drug-likeness (QED) is 0.786. The smallest absolute Gasteiger partial charge is 0.223 e. The van der Waals surface area contributed by atoms with E-state index >= 15 is 0 Å². The first-order chi connectivity index (χ1) is 8.13. The van der Waals surface area contributed by atoms with Gasteiger partial charge in [-0.3, -0.25) is 4.79 Å². The fraction of sp³-hybridized carbons (Fsp3) is 0.385. The summed E-state index contributed by atoms with van der Waals surface area (Å²) in [6.07, 6.45) is 0.884. The Labute approximate surface area is 108 Å². The number of nitrogens with zero attached hydrogens (tertiary/aromatic N) is 1. The Morgan fingerprint density at radius 1 is 1.29 bits per heavy atom. The van der Waals surface area contributed by atoms with Crippen molar-refractivity contribution >= 4 is 23.1 Å². The van der Waals surface area contributed by atoms with E-state index in [0.717, 1.165) is 5.56 Å². The van der Waals surface area contributed by atoms with Crippen LogP contribution in [-0.4, -0.2) is 22.3 Å². The van der Waals surface area contributed by atoms with Crippen LogP contribution in [0, 0.1) is 0 Å². The van der Waals surface area contributed by atoms with Crippen molar-refractivity contribution in [3.63, 3.8) is 0 Å². The molecule has 4 heteroatoms. The molecule has 0 saturated carbocycles. The fourth-order valence-electron chi connectivity index (χ4n) is 1.57. The first kappa shape index (κ1) is 13.6. The van der Waals surface area contributed by atoms with Crippen molar-refractivity contribution in [1.82, 2.24) is 4.90 Å². The average Bonchev–Trinajstić information content (AvgIpc) is 2.34. The maximum atomic E-state index is 11.9. The molecule has 0 bridgehead atoms. The summed E-state index contributed by atoms with van der Waals surface area (Å²) >= 11 is 4.77. The summed E-state index contributed by atoms with van der Waals surface area (Å²) in [6.45, 7) is 3.32. The molecular weight excluding hydrogens is 232 g/mol. The Kier molecular flexibility index (Phi) is 5.63. The summed E-state index contributed by atoms with van der Waals surface area (Å²) < 4.78 is 0. The third-order valence-corrected chi connectivity index (χ3v) is 2.74. The molecule has 1 rings (SSSR count). The first-order valence-corrected chi connectivity index (χ1v) is 6.14. The molecule has 0 aromatic heterocycles. The van der Waals surface area contributed by atoms with E-state index in [4.69, 9.17) is 18.0 Å². The van der Waals surface area contributed by atoms with Crippen LogP contribution in [0.4, 0.5) is 0 Å². The summed E-state index contributed by atoms with van der Waals surface area (Å²) in [5, 5.41) is 0. The lowest BCUT2D eigenvalue weighted by atomic mass is 10.2. The molecule has 0 radical (unpaired) electrons. The Bertz CT molecular complexity index is 378. The standard InChI is InChI=1S/C13H18N2OS/c1-2-15(13(16)9-8-12(14)17)10-11-6-4-3-5-7-11/h3-7H,2,8-10H2,1H3,(H2,14,17). The van der Waals surface area contributed by atoms with Gasteiger partial charge in [0.1, 0.15) is 0 Å². The highest BCUT2D eigenvalue weighted by Crippen LogP contribution is 2.06. The van der Waals surface area contributed by atoms with E-state index in [1.807, 2.05) is 42.2 Å². The molecule has 1 amide bonds. The molecule has 92 valence electrons. The van der Waals surface area contributed by atoms with Crippen molar-refractivity contribution in [1.29, 1.82) is 0 Å². The second-order valence-electron chi connectivity index (χ2n) is 3.86. The maximum Gasteiger partial charge on any atom is 0.223 e. The summed E-state index contributed by atoms with van der Waals surface area (Å²) in [4.78, 5) is 14.1. The molecule has 1 aromatic carbocycles. The van der Waals surface area contributed by atoms with Gasteiger partial charge in [0.25, 0.3) is 0 Å². The van der Waals surface area contributed by atoms with Crippen LogP contribution in [0.2, 0.25) is 0 Å². The number of thiocarbonyl (C=S) groups is 1. The lowest BCUT2D eigenvalue weighted by Crippen LogP contribution is -2.30. The average molecular weight is 250 g/mol. The molecule has 0 saturated heterocycles. The highest BCUT2D eigenvalue weighted by Gasteiger charge is 2.11. The molecule has 0 unspecified atom stereocenters. The SMILES string of the molecule is CCN(Cc1ccccc1)C(=O)CCC(N)=S. The zero-order valence-electron chi connectivity index (χ0n) is 10.1. The van der Waals surface area contributed by atoms with Gasteiger partial charge in [-0.15, -0.1) is 0 Å². The number of hydrogen-bond acceptors (Lipinski definition) is 2. The second kappa shape index (κ2) is 7.01. The summed E-state index contributed by atoms with van der Waals surface area (Å²) in [5.74, 6) is 0.101. The molecule has 2 N–H and O–H groups in total. The van der Waals surface area contributed by atoms with Gasteiger partial charge in [-0.25, -0.2) is 0 Å². The Morgan fingerprint density at radius 3 is 2.47 bits per heavy atom. The van der Waals surface area contributed by atoms with Crippen LogP contribution in [0.25, 0.3) is 0 Å². The minimum atomic E-state index is 0.101.